The summed E-state index contributed by atoms with van der Waals surface area (Å²) in [5.74, 6) is 1.18. The number of carbonyl (C=O) groups is 1. The van der Waals surface area contributed by atoms with Gasteiger partial charge in [0.25, 0.3) is 0 Å². The zero-order valence-corrected chi connectivity index (χ0v) is 15.3. The van der Waals surface area contributed by atoms with Gasteiger partial charge >= 0.3 is 0 Å². The maximum atomic E-state index is 11.9. The molecule has 0 heterocycles. The molecule has 0 unspecified atom stereocenters. The van der Waals surface area contributed by atoms with Crippen LogP contribution in [0.15, 0.2) is 53.0 Å². The number of phenolic OH excluding ortho intramolecular Hbond substituents is 1. The van der Waals surface area contributed by atoms with Gasteiger partial charge in [0.1, 0.15) is 11.5 Å². The lowest BCUT2D eigenvalue weighted by molar-refractivity contribution is -0.114. The van der Waals surface area contributed by atoms with Crippen LogP contribution in [0.3, 0.4) is 0 Å². The molecule has 3 nitrogen and oxygen atoms in total. The molecule has 0 aliphatic heterocycles. The van der Waals surface area contributed by atoms with Crippen LogP contribution in [-0.2, 0) is 11.2 Å². The monoisotopic (exact) mass is 388 g/mol. The lowest BCUT2D eigenvalue weighted by Crippen LogP contribution is -1.94. The summed E-state index contributed by atoms with van der Waals surface area (Å²) in [5, 5.41) is 9.24. The lowest BCUT2D eigenvalue weighted by atomic mass is 10.1. The van der Waals surface area contributed by atoms with E-state index >= 15 is 0 Å². The summed E-state index contributed by atoms with van der Waals surface area (Å²) >= 11 is 3.43. The van der Waals surface area contributed by atoms with Crippen LogP contribution in [0.2, 0.25) is 0 Å². The van der Waals surface area contributed by atoms with Gasteiger partial charge in [-0.2, -0.15) is 0 Å². The Kier molecular flexibility index (Phi) is 7.07. The van der Waals surface area contributed by atoms with Crippen molar-refractivity contribution in [2.45, 2.75) is 25.7 Å². The predicted octanol–water partition coefficient (Wildman–Crippen LogP) is 5.16. The Morgan fingerprint density at radius 1 is 1.17 bits per heavy atom. The predicted molar refractivity (Wildman–Crippen MR) is 100 cm³/mol. The van der Waals surface area contributed by atoms with Crippen molar-refractivity contribution < 1.29 is 14.6 Å². The smallest absolute Gasteiger partial charge is 0.155 e. The lowest BCUT2D eigenvalue weighted by Gasteiger charge is -2.03. The summed E-state index contributed by atoms with van der Waals surface area (Å²) < 4.78 is 6.05. The summed E-state index contributed by atoms with van der Waals surface area (Å²) in [6.45, 7) is 0. The number of aromatic hydroxyl groups is 1. The van der Waals surface area contributed by atoms with Gasteiger partial charge in [0.15, 0.2) is 5.78 Å². The fourth-order valence-corrected chi connectivity index (χ4v) is 2.91. The molecule has 0 atom stereocenters. The molecule has 0 amide bonds. The second-order valence-corrected chi connectivity index (χ2v) is 6.42. The molecule has 2 aromatic carbocycles. The first-order valence-corrected chi connectivity index (χ1v) is 8.70. The summed E-state index contributed by atoms with van der Waals surface area (Å²) in [7, 11) is 1.62. The van der Waals surface area contributed by atoms with Crippen LogP contribution in [0, 0.1) is 0 Å². The number of unbranched alkanes of at least 4 members (excludes halogenated alkanes) is 1. The van der Waals surface area contributed by atoms with Crippen molar-refractivity contribution in [2.75, 3.05) is 7.11 Å². The van der Waals surface area contributed by atoms with Crippen molar-refractivity contribution in [1.29, 1.82) is 0 Å². The van der Waals surface area contributed by atoms with Crippen molar-refractivity contribution in [3.8, 4) is 11.5 Å². The Hall–Kier alpha value is -2.07. The van der Waals surface area contributed by atoms with Gasteiger partial charge in [0.2, 0.25) is 0 Å². The molecule has 0 radical (unpaired) electrons. The molecule has 0 fully saturated rings. The average molecular weight is 389 g/mol. The van der Waals surface area contributed by atoms with Gasteiger partial charge in [-0.05, 0) is 76.7 Å². The largest absolute Gasteiger partial charge is 0.508 e. The van der Waals surface area contributed by atoms with Crippen molar-refractivity contribution in [2.24, 2.45) is 0 Å². The molecular weight excluding hydrogens is 368 g/mol. The van der Waals surface area contributed by atoms with Crippen LogP contribution in [0.1, 0.15) is 30.4 Å². The fourth-order valence-electron chi connectivity index (χ4n) is 2.35. The van der Waals surface area contributed by atoms with E-state index in [0.717, 1.165) is 35.0 Å². The summed E-state index contributed by atoms with van der Waals surface area (Å²) in [6.07, 6.45) is 6.74. The number of rotatable bonds is 8. The molecule has 0 aromatic heterocycles. The highest BCUT2D eigenvalue weighted by molar-refractivity contribution is 9.10. The zero-order chi connectivity index (χ0) is 17.4. The minimum absolute atomic E-state index is 0.132. The van der Waals surface area contributed by atoms with Crippen LogP contribution in [0.25, 0.3) is 6.08 Å². The third-order valence-corrected chi connectivity index (χ3v) is 4.33. The van der Waals surface area contributed by atoms with Gasteiger partial charge in [0, 0.05) is 6.42 Å². The third kappa shape index (κ3) is 5.85. The maximum absolute atomic E-state index is 11.9. The van der Waals surface area contributed by atoms with E-state index in [1.807, 2.05) is 36.4 Å². The zero-order valence-electron chi connectivity index (χ0n) is 13.7. The summed E-state index contributed by atoms with van der Waals surface area (Å²) in [4.78, 5) is 11.9. The molecule has 4 heteroatoms. The molecule has 126 valence electrons. The number of hydrogen-bond acceptors (Lipinski definition) is 3. The van der Waals surface area contributed by atoms with Gasteiger partial charge < -0.3 is 9.84 Å². The molecule has 0 saturated carbocycles. The number of methoxy groups -OCH3 is 1. The second kappa shape index (κ2) is 9.28. The highest BCUT2D eigenvalue weighted by Crippen LogP contribution is 2.26. The highest BCUT2D eigenvalue weighted by Gasteiger charge is 2.01. The Bertz CT molecular complexity index is 705. The van der Waals surface area contributed by atoms with Gasteiger partial charge in [-0.1, -0.05) is 24.3 Å². The highest BCUT2D eigenvalue weighted by atomic mass is 79.9. The maximum Gasteiger partial charge on any atom is 0.155 e. The average Bonchev–Trinajstić information content (AvgIpc) is 2.58. The number of ketones is 1. The van der Waals surface area contributed by atoms with Crippen molar-refractivity contribution in [3.63, 3.8) is 0 Å². The topological polar surface area (TPSA) is 46.5 Å². The van der Waals surface area contributed by atoms with Crippen LogP contribution in [0.5, 0.6) is 11.5 Å². The first kappa shape index (κ1) is 18.3. The SMILES string of the molecule is COc1ccc(/C=C/C(=O)CCCCc2ccc(O)cc2)cc1Br. The van der Waals surface area contributed by atoms with E-state index in [1.54, 1.807) is 25.3 Å². The first-order valence-electron chi connectivity index (χ1n) is 7.91. The Labute approximate surface area is 151 Å². The number of carbonyl (C=O) groups excluding carboxylic acids is 1. The van der Waals surface area contributed by atoms with E-state index in [-0.39, 0.29) is 11.5 Å². The summed E-state index contributed by atoms with van der Waals surface area (Å²) in [6, 6.07) is 12.9. The normalized spacial score (nSPS) is 10.9. The van der Waals surface area contributed by atoms with Crippen LogP contribution >= 0.6 is 15.9 Å². The van der Waals surface area contributed by atoms with E-state index < -0.39 is 0 Å². The van der Waals surface area contributed by atoms with Crippen molar-refractivity contribution in [3.05, 3.63) is 64.1 Å². The van der Waals surface area contributed by atoms with Gasteiger partial charge in [-0.25, -0.2) is 0 Å². The molecule has 0 saturated heterocycles. The minimum Gasteiger partial charge on any atom is -0.508 e. The number of hydrogen-bond donors (Lipinski definition) is 1. The van der Waals surface area contributed by atoms with E-state index in [4.69, 9.17) is 4.74 Å². The second-order valence-electron chi connectivity index (χ2n) is 5.57. The first-order chi connectivity index (χ1) is 11.6. The number of ether oxygens (including phenoxy) is 1. The van der Waals surface area contributed by atoms with E-state index in [0.29, 0.717) is 6.42 Å². The molecule has 0 aliphatic rings. The van der Waals surface area contributed by atoms with Crippen molar-refractivity contribution >= 4 is 27.8 Å². The van der Waals surface area contributed by atoms with Gasteiger partial charge in [-0.15, -0.1) is 0 Å². The van der Waals surface area contributed by atoms with Crippen LogP contribution < -0.4 is 4.74 Å². The number of phenols is 1. The molecule has 0 spiro atoms. The fraction of sp³-hybridized carbons (Fsp3) is 0.250. The van der Waals surface area contributed by atoms with Crippen LogP contribution in [0.4, 0.5) is 0 Å². The number of benzene rings is 2. The Morgan fingerprint density at radius 2 is 1.92 bits per heavy atom. The summed E-state index contributed by atoms with van der Waals surface area (Å²) in [5.41, 5.74) is 2.14. The molecular formula is C20H21BrO3. The molecule has 0 bridgehead atoms. The molecule has 0 aliphatic carbocycles. The van der Waals surface area contributed by atoms with Crippen LogP contribution in [-0.4, -0.2) is 18.0 Å². The molecule has 2 rings (SSSR count). The number of allylic oxidation sites excluding steroid dienone is 1. The Morgan fingerprint density at radius 3 is 2.58 bits per heavy atom. The Balaban J connectivity index is 1.74. The van der Waals surface area contributed by atoms with E-state index in [2.05, 4.69) is 15.9 Å². The quantitative estimate of drug-likeness (QED) is 0.501. The minimum atomic E-state index is 0.132. The standard InChI is InChI=1S/C20H21BrO3/c1-24-20-13-9-16(14-19(20)21)8-12-17(22)5-3-2-4-15-6-10-18(23)11-7-15/h6-14,23H,2-5H2,1H3/b12-8+. The number of halogens is 1. The van der Waals surface area contributed by atoms with Gasteiger partial charge in [-0.3, -0.25) is 4.79 Å². The van der Waals surface area contributed by atoms with Gasteiger partial charge in [0.05, 0.1) is 11.6 Å². The molecule has 1 N–H and O–H groups in total. The molecule has 2 aromatic rings. The van der Waals surface area contributed by atoms with E-state index in [1.165, 1.54) is 5.56 Å². The van der Waals surface area contributed by atoms with E-state index in [9.17, 15) is 9.90 Å². The third-order valence-electron chi connectivity index (χ3n) is 3.71. The number of aryl methyl sites for hydroxylation is 1. The van der Waals surface area contributed by atoms with Crippen molar-refractivity contribution in [1.82, 2.24) is 0 Å². The molecule has 24 heavy (non-hydrogen) atoms.